The summed E-state index contributed by atoms with van der Waals surface area (Å²) < 4.78 is 0. The molecule has 21 heavy (non-hydrogen) atoms. The molecule has 0 fully saturated rings. The summed E-state index contributed by atoms with van der Waals surface area (Å²) in [5.41, 5.74) is 5.32. The van der Waals surface area contributed by atoms with Gasteiger partial charge in [0, 0.05) is 36.1 Å². The lowest BCUT2D eigenvalue weighted by Crippen LogP contribution is -2.03. The molecule has 0 radical (unpaired) electrons. The smallest absolute Gasteiger partial charge is 0.274 e. The van der Waals surface area contributed by atoms with E-state index in [0.29, 0.717) is 12.1 Å². The summed E-state index contributed by atoms with van der Waals surface area (Å²) in [6.45, 7) is 3.37. The van der Waals surface area contributed by atoms with Crippen LogP contribution in [0.5, 0.6) is 0 Å². The van der Waals surface area contributed by atoms with Crippen molar-refractivity contribution in [2.75, 3.05) is 17.2 Å². The highest BCUT2D eigenvalue weighted by Crippen LogP contribution is 2.28. The fourth-order valence-corrected chi connectivity index (χ4v) is 2.67. The molecule has 108 valence electrons. The van der Waals surface area contributed by atoms with E-state index in [0.717, 1.165) is 18.7 Å². The molecule has 0 aromatic heterocycles. The molecule has 2 aromatic rings. The first-order chi connectivity index (χ1) is 10.1. The van der Waals surface area contributed by atoms with Gasteiger partial charge in [-0.1, -0.05) is 24.3 Å². The molecule has 0 atom stereocenters. The maximum Gasteiger partial charge on any atom is 0.274 e. The van der Waals surface area contributed by atoms with E-state index in [9.17, 15) is 10.1 Å². The lowest BCUT2D eigenvalue weighted by atomic mass is 10.1. The van der Waals surface area contributed by atoms with Crippen LogP contribution in [0.1, 0.15) is 16.7 Å². The molecular weight excluding hydrogens is 266 g/mol. The molecule has 0 spiro atoms. The molecule has 5 heteroatoms. The lowest BCUT2D eigenvalue weighted by molar-refractivity contribution is -0.385. The standard InChI is InChI=1S/C16H17N3O2/c1-11-5-6-14(9-15(11)19(20)21)18-10-13-4-2-3-12-7-8-17-16(12)13/h2-6,9,17-18H,7-8,10H2,1H3. The average molecular weight is 283 g/mol. The Bertz CT molecular complexity index is 698. The van der Waals surface area contributed by atoms with E-state index in [1.165, 1.54) is 16.8 Å². The SMILES string of the molecule is Cc1ccc(NCc2cccc3c2NCC3)cc1[N+](=O)[O-]. The number of aryl methyl sites for hydroxylation is 1. The Hall–Kier alpha value is -2.56. The number of nitrogens with one attached hydrogen (secondary N) is 2. The largest absolute Gasteiger partial charge is 0.384 e. The molecule has 2 N–H and O–H groups in total. The quantitative estimate of drug-likeness (QED) is 0.666. The normalized spacial score (nSPS) is 12.6. The second-order valence-corrected chi connectivity index (χ2v) is 5.24. The third kappa shape index (κ3) is 2.67. The summed E-state index contributed by atoms with van der Waals surface area (Å²) in [5.74, 6) is 0. The molecule has 1 heterocycles. The maximum absolute atomic E-state index is 11.0. The van der Waals surface area contributed by atoms with Gasteiger partial charge in [-0.3, -0.25) is 10.1 Å². The Labute approximate surface area is 123 Å². The summed E-state index contributed by atoms with van der Waals surface area (Å²) in [5, 5.41) is 17.6. The number of nitro groups is 1. The van der Waals surface area contributed by atoms with Crippen LogP contribution in [0.4, 0.5) is 17.1 Å². The second kappa shape index (κ2) is 5.44. The van der Waals surface area contributed by atoms with Crippen molar-refractivity contribution in [3.63, 3.8) is 0 Å². The number of nitrogens with zero attached hydrogens (tertiary/aromatic N) is 1. The Morgan fingerprint density at radius 3 is 3.00 bits per heavy atom. The molecule has 5 nitrogen and oxygen atoms in total. The molecule has 2 aromatic carbocycles. The Morgan fingerprint density at radius 1 is 1.33 bits per heavy atom. The molecule has 0 saturated carbocycles. The van der Waals surface area contributed by atoms with E-state index in [-0.39, 0.29) is 10.6 Å². The van der Waals surface area contributed by atoms with Gasteiger partial charge >= 0.3 is 0 Å². The van der Waals surface area contributed by atoms with E-state index < -0.39 is 0 Å². The second-order valence-electron chi connectivity index (χ2n) is 5.24. The molecule has 3 rings (SSSR count). The topological polar surface area (TPSA) is 67.2 Å². The van der Waals surface area contributed by atoms with Gasteiger partial charge in [-0.05, 0) is 30.5 Å². The number of para-hydroxylation sites is 1. The fraction of sp³-hybridized carbons (Fsp3) is 0.250. The number of rotatable bonds is 4. The van der Waals surface area contributed by atoms with Crippen molar-refractivity contribution in [3.8, 4) is 0 Å². The number of fused-ring (bicyclic) bond motifs is 1. The lowest BCUT2D eigenvalue weighted by Gasteiger charge is -2.11. The van der Waals surface area contributed by atoms with Gasteiger partial charge in [0.2, 0.25) is 0 Å². The van der Waals surface area contributed by atoms with Crippen molar-refractivity contribution >= 4 is 17.1 Å². The van der Waals surface area contributed by atoms with E-state index in [1.54, 1.807) is 19.1 Å². The van der Waals surface area contributed by atoms with Crippen LogP contribution < -0.4 is 10.6 Å². The highest BCUT2D eigenvalue weighted by atomic mass is 16.6. The number of hydrogen-bond donors (Lipinski definition) is 2. The molecule has 0 aliphatic carbocycles. The number of benzene rings is 2. The zero-order valence-corrected chi connectivity index (χ0v) is 11.8. The zero-order valence-electron chi connectivity index (χ0n) is 11.8. The van der Waals surface area contributed by atoms with Gasteiger partial charge in [-0.15, -0.1) is 0 Å². The molecule has 0 unspecified atom stereocenters. The van der Waals surface area contributed by atoms with E-state index in [1.807, 2.05) is 6.07 Å². The Balaban J connectivity index is 1.78. The van der Waals surface area contributed by atoms with E-state index >= 15 is 0 Å². The maximum atomic E-state index is 11.0. The minimum absolute atomic E-state index is 0.149. The summed E-state index contributed by atoms with van der Waals surface area (Å²) >= 11 is 0. The van der Waals surface area contributed by atoms with Crippen molar-refractivity contribution in [3.05, 3.63) is 63.2 Å². The average Bonchev–Trinajstić information content (AvgIpc) is 2.95. The highest BCUT2D eigenvalue weighted by molar-refractivity contribution is 5.62. The van der Waals surface area contributed by atoms with E-state index in [4.69, 9.17) is 0 Å². The highest BCUT2D eigenvalue weighted by Gasteiger charge is 2.14. The van der Waals surface area contributed by atoms with Crippen molar-refractivity contribution in [2.24, 2.45) is 0 Å². The molecule has 0 bridgehead atoms. The first-order valence-corrected chi connectivity index (χ1v) is 6.99. The molecular formula is C16H17N3O2. The van der Waals surface area contributed by atoms with Crippen LogP contribution in [0.2, 0.25) is 0 Å². The first kappa shape index (κ1) is 13.4. The van der Waals surface area contributed by atoms with Gasteiger partial charge in [-0.25, -0.2) is 0 Å². The number of anilines is 2. The fourth-order valence-electron chi connectivity index (χ4n) is 2.67. The summed E-state index contributed by atoms with van der Waals surface area (Å²) in [6.07, 6.45) is 1.05. The van der Waals surface area contributed by atoms with Crippen molar-refractivity contribution in [1.29, 1.82) is 0 Å². The van der Waals surface area contributed by atoms with Crippen LogP contribution in [0.25, 0.3) is 0 Å². The number of nitro benzene ring substituents is 1. The zero-order chi connectivity index (χ0) is 14.8. The van der Waals surface area contributed by atoms with Crippen LogP contribution in [-0.2, 0) is 13.0 Å². The van der Waals surface area contributed by atoms with Crippen LogP contribution in [0, 0.1) is 17.0 Å². The minimum Gasteiger partial charge on any atom is -0.384 e. The first-order valence-electron chi connectivity index (χ1n) is 6.99. The minimum atomic E-state index is -0.345. The van der Waals surface area contributed by atoms with E-state index in [2.05, 4.69) is 28.8 Å². The molecule has 0 amide bonds. The van der Waals surface area contributed by atoms with Crippen LogP contribution in [-0.4, -0.2) is 11.5 Å². The van der Waals surface area contributed by atoms with Crippen molar-refractivity contribution in [1.82, 2.24) is 0 Å². The third-order valence-electron chi connectivity index (χ3n) is 3.82. The molecule has 0 saturated heterocycles. The summed E-state index contributed by atoms with van der Waals surface area (Å²) in [6, 6.07) is 11.5. The predicted octanol–water partition coefficient (Wildman–Crippen LogP) is 3.48. The molecule has 1 aliphatic heterocycles. The van der Waals surface area contributed by atoms with Crippen LogP contribution >= 0.6 is 0 Å². The summed E-state index contributed by atoms with van der Waals surface area (Å²) in [7, 11) is 0. The number of hydrogen-bond acceptors (Lipinski definition) is 4. The third-order valence-corrected chi connectivity index (χ3v) is 3.82. The Morgan fingerprint density at radius 2 is 2.19 bits per heavy atom. The molecule has 1 aliphatic rings. The van der Waals surface area contributed by atoms with Crippen LogP contribution in [0.15, 0.2) is 36.4 Å². The van der Waals surface area contributed by atoms with Gasteiger partial charge in [-0.2, -0.15) is 0 Å². The predicted molar refractivity (Wildman–Crippen MR) is 83.8 cm³/mol. The van der Waals surface area contributed by atoms with Crippen LogP contribution in [0.3, 0.4) is 0 Å². The monoisotopic (exact) mass is 283 g/mol. The van der Waals surface area contributed by atoms with Gasteiger partial charge in [0.1, 0.15) is 0 Å². The summed E-state index contributed by atoms with van der Waals surface area (Å²) in [4.78, 5) is 10.6. The van der Waals surface area contributed by atoms with Gasteiger partial charge in [0.05, 0.1) is 4.92 Å². The van der Waals surface area contributed by atoms with Crippen molar-refractivity contribution < 1.29 is 4.92 Å². The van der Waals surface area contributed by atoms with Crippen molar-refractivity contribution in [2.45, 2.75) is 19.9 Å². The van der Waals surface area contributed by atoms with Gasteiger partial charge in [0.25, 0.3) is 5.69 Å². The van der Waals surface area contributed by atoms with Gasteiger partial charge < -0.3 is 10.6 Å². The Kier molecular flexibility index (Phi) is 3.48. The van der Waals surface area contributed by atoms with Gasteiger partial charge in [0.15, 0.2) is 0 Å².